The van der Waals surface area contributed by atoms with Gasteiger partial charge in [0.05, 0.1) is 5.69 Å². The summed E-state index contributed by atoms with van der Waals surface area (Å²) >= 11 is 0. The van der Waals surface area contributed by atoms with Crippen LogP contribution < -0.4 is 5.73 Å². The van der Waals surface area contributed by atoms with E-state index in [1.165, 1.54) is 0 Å². The molecule has 2 heterocycles. The summed E-state index contributed by atoms with van der Waals surface area (Å²) in [6.45, 7) is 0.777. The van der Waals surface area contributed by atoms with Crippen molar-refractivity contribution in [3.8, 4) is 11.5 Å². The van der Waals surface area contributed by atoms with Crippen molar-refractivity contribution in [2.45, 2.75) is 18.6 Å². The molecule has 0 bridgehead atoms. The highest BCUT2D eigenvalue weighted by Gasteiger charge is 2.53. The van der Waals surface area contributed by atoms with Gasteiger partial charge in [-0.25, -0.2) is 0 Å². The van der Waals surface area contributed by atoms with Crippen molar-refractivity contribution < 1.29 is 17.7 Å². The minimum atomic E-state index is -4.66. The second kappa shape index (κ2) is 3.59. The molecule has 0 aliphatic rings. The minimum absolute atomic E-state index is 0.0333. The second-order valence-corrected chi connectivity index (χ2v) is 3.71. The zero-order chi connectivity index (χ0) is 12.7. The highest BCUT2D eigenvalue weighted by Crippen LogP contribution is 2.35. The van der Waals surface area contributed by atoms with Gasteiger partial charge in [-0.2, -0.15) is 18.2 Å². The Hall–Kier alpha value is -1.83. The maximum atomic E-state index is 12.6. The molecule has 92 valence electrons. The van der Waals surface area contributed by atoms with E-state index in [0.29, 0.717) is 5.69 Å². The van der Waals surface area contributed by atoms with E-state index in [4.69, 9.17) is 5.73 Å². The van der Waals surface area contributed by atoms with Crippen LogP contribution in [-0.2, 0) is 5.54 Å². The Labute approximate surface area is 93.8 Å². The summed E-state index contributed by atoms with van der Waals surface area (Å²) in [5, 5.41) is 3.44. The van der Waals surface area contributed by atoms with Gasteiger partial charge in [-0.3, -0.25) is 0 Å². The monoisotopic (exact) mass is 246 g/mol. The molecule has 17 heavy (non-hydrogen) atoms. The number of nitrogens with one attached hydrogen (secondary N) is 1. The molecular weight excluding hydrogens is 237 g/mol. The molecule has 0 aliphatic heterocycles. The molecular formula is C9H9F3N4O. The lowest BCUT2D eigenvalue weighted by atomic mass is 10.0. The lowest BCUT2D eigenvalue weighted by Gasteiger charge is -2.22. The first-order valence-electron chi connectivity index (χ1n) is 4.66. The topological polar surface area (TPSA) is 80.7 Å². The number of aromatic nitrogens is 3. The average molecular weight is 246 g/mol. The van der Waals surface area contributed by atoms with Crippen LogP contribution in [0.1, 0.15) is 12.8 Å². The predicted octanol–water partition coefficient (Wildman–Crippen LogP) is 1.80. The maximum absolute atomic E-state index is 12.6. The summed E-state index contributed by atoms with van der Waals surface area (Å²) in [5.41, 5.74) is 2.94. The first-order valence-corrected chi connectivity index (χ1v) is 4.66. The van der Waals surface area contributed by atoms with Gasteiger partial charge in [0, 0.05) is 6.20 Å². The summed E-state index contributed by atoms with van der Waals surface area (Å²) in [5.74, 6) is -0.638. The van der Waals surface area contributed by atoms with E-state index in [-0.39, 0.29) is 5.82 Å². The van der Waals surface area contributed by atoms with Gasteiger partial charge < -0.3 is 15.2 Å². The van der Waals surface area contributed by atoms with Crippen molar-refractivity contribution in [3.63, 3.8) is 0 Å². The van der Waals surface area contributed by atoms with Crippen molar-refractivity contribution >= 4 is 0 Å². The molecule has 2 rings (SSSR count). The smallest absolute Gasteiger partial charge is 0.359 e. The zero-order valence-electron chi connectivity index (χ0n) is 8.75. The molecule has 0 amide bonds. The minimum Gasteiger partial charge on any atom is -0.359 e. The van der Waals surface area contributed by atoms with Crippen LogP contribution in [-0.4, -0.2) is 21.3 Å². The van der Waals surface area contributed by atoms with Crippen molar-refractivity contribution in [3.05, 3.63) is 24.2 Å². The normalized spacial score (nSPS) is 15.8. The molecule has 0 radical (unpaired) electrons. The number of hydrogen-bond donors (Lipinski definition) is 2. The average Bonchev–Trinajstić information content (AvgIpc) is 2.87. The fourth-order valence-corrected chi connectivity index (χ4v) is 1.13. The molecule has 2 aromatic rings. The Bertz CT molecular complexity index is 501. The van der Waals surface area contributed by atoms with Crippen molar-refractivity contribution in [2.24, 2.45) is 5.73 Å². The molecule has 2 aromatic heterocycles. The van der Waals surface area contributed by atoms with E-state index in [0.717, 1.165) is 6.92 Å². The number of alkyl halides is 3. The third kappa shape index (κ3) is 1.91. The molecule has 0 spiro atoms. The van der Waals surface area contributed by atoms with Gasteiger partial charge in [-0.05, 0) is 19.1 Å². The summed E-state index contributed by atoms with van der Waals surface area (Å²) in [7, 11) is 0. The maximum Gasteiger partial charge on any atom is 0.415 e. The van der Waals surface area contributed by atoms with Crippen LogP contribution in [0.4, 0.5) is 13.2 Å². The SMILES string of the molecule is CC(N)(c1nc(-c2ccc[nH]2)no1)C(F)(F)F. The molecule has 0 aromatic carbocycles. The van der Waals surface area contributed by atoms with Crippen LogP contribution in [0, 0.1) is 0 Å². The van der Waals surface area contributed by atoms with Gasteiger partial charge in [0.15, 0.2) is 5.54 Å². The van der Waals surface area contributed by atoms with Gasteiger partial charge >= 0.3 is 6.18 Å². The molecule has 0 aliphatic carbocycles. The first-order chi connectivity index (χ1) is 7.82. The molecule has 0 saturated heterocycles. The van der Waals surface area contributed by atoms with E-state index < -0.39 is 17.6 Å². The number of nitrogens with two attached hydrogens (primary N) is 1. The molecule has 1 unspecified atom stereocenters. The second-order valence-electron chi connectivity index (χ2n) is 3.71. The van der Waals surface area contributed by atoms with Gasteiger partial charge in [0.2, 0.25) is 5.82 Å². The van der Waals surface area contributed by atoms with E-state index >= 15 is 0 Å². The van der Waals surface area contributed by atoms with Crippen LogP contribution in [0.2, 0.25) is 0 Å². The quantitative estimate of drug-likeness (QED) is 0.846. The summed E-state index contributed by atoms with van der Waals surface area (Å²) in [4.78, 5) is 6.39. The molecule has 1 atom stereocenters. The molecule has 8 heteroatoms. The van der Waals surface area contributed by atoms with E-state index in [9.17, 15) is 13.2 Å². The fraction of sp³-hybridized carbons (Fsp3) is 0.333. The van der Waals surface area contributed by atoms with Gasteiger partial charge in [0.25, 0.3) is 5.89 Å². The Morgan fingerprint density at radius 3 is 2.65 bits per heavy atom. The number of H-pyrrole nitrogens is 1. The van der Waals surface area contributed by atoms with Crippen molar-refractivity contribution in [1.29, 1.82) is 0 Å². The number of hydrogen-bond acceptors (Lipinski definition) is 4. The van der Waals surface area contributed by atoms with Crippen LogP contribution >= 0.6 is 0 Å². The highest BCUT2D eigenvalue weighted by molar-refractivity contribution is 5.48. The van der Waals surface area contributed by atoms with Crippen LogP contribution in [0.3, 0.4) is 0 Å². The van der Waals surface area contributed by atoms with Crippen LogP contribution in [0.15, 0.2) is 22.9 Å². The molecule has 0 fully saturated rings. The van der Waals surface area contributed by atoms with Crippen LogP contribution in [0.5, 0.6) is 0 Å². The van der Waals surface area contributed by atoms with Gasteiger partial charge in [-0.1, -0.05) is 5.16 Å². The number of halogens is 3. The Morgan fingerprint density at radius 1 is 1.41 bits per heavy atom. The van der Waals surface area contributed by atoms with Crippen LogP contribution in [0.25, 0.3) is 11.5 Å². The van der Waals surface area contributed by atoms with Gasteiger partial charge in [0.1, 0.15) is 0 Å². The predicted molar refractivity (Wildman–Crippen MR) is 51.7 cm³/mol. The van der Waals surface area contributed by atoms with E-state index in [2.05, 4.69) is 19.6 Å². The molecule has 5 nitrogen and oxygen atoms in total. The largest absolute Gasteiger partial charge is 0.415 e. The van der Waals surface area contributed by atoms with Crippen molar-refractivity contribution in [1.82, 2.24) is 15.1 Å². The number of nitrogens with zero attached hydrogens (tertiary/aromatic N) is 2. The Kier molecular flexibility index (Phi) is 2.46. The van der Waals surface area contributed by atoms with E-state index in [1.807, 2.05) is 0 Å². The summed E-state index contributed by atoms with van der Waals surface area (Å²) < 4.78 is 42.4. The molecule has 0 saturated carbocycles. The zero-order valence-corrected chi connectivity index (χ0v) is 8.75. The fourth-order valence-electron chi connectivity index (χ4n) is 1.13. The lowest BCUT2D eigenvalue weighted by molar-refractivity contribution is -0.190. The molecule has 3 N–H and O–H groups in total. The van der Waals surface area contributed by atoms with Gasteiger partial charge in [-0.15, -0.1) is 0 Å². The highest BCUT2D eigenvalue weighted by atomic mass is 19.4. The summed E-state index contributed by atoms with van der Waals surface area (Å²) in [6, 6.07) is 3.27. The number of aromatic amines is 1. The Balaban J connectivity index is 2.37. The van der Waals surface area contributed by atoms with E-state index in [1.54, 1.807) is 18.3 Å². The van der Waals surface area contributed by atoms with Crippen molar-refractivity contribution in [2.75, 3.05) is 0 Å². The summed E-state index contributed by atoms with van der Waals surface area (Å²) in [6.07, 6.45) is -3.07. The third-order valence-corrected chi connectivity index (χ3v) is 2.30. The Morgan fingerprint density at radius 2 is 2.12 bits per heavy atom. The lowest BCUT2D eigenvalue weighted by Crippen LogP contribution is -2.47. The first kappa shape index (κ1) is 11.6. The number of rotatable bonds is 2. The standard InChI is InChI=1S/C9H9F3N4O/c1-8(13,9(10,11)12)7-15-6(16-17-7)5-3-2-4-14-5/h2-4,14H,13H2,1H3. The third-order valence-electron chi connectivity index (χ3n) is 2.30.